The van der Waals surface area contributed by atoms with Crippen molar-refractivity contribution in [1.29, 1.82) is 0 Å². The molecular formula is C11H21N5. The maximum atomic E-state index is 4.32. The average Bonchev–Trinajstić information content (AvgIpc) is 2.89. The fraction of sp³-hybridized carbons (Fsp3) is 0.818. The summed E-state index contributed by atoms with van der Waals surface area (Å²) in [6.07, 6.45) is 2.95. The Morgan fingerprint density at radius 2 is 2.44 bits per heavy atom. The second kappa shape index (κ2) is 5.41. The molecule has 16 heavy (non-hydrogen) atoms. The Labute approximate surface area is 96.8 Å². The van der Waals surface area contributed by atoms with Crippen LogP contribution in [0.25, 0.3) is 0 Å². The lowest BCUT2D eigenvalue weighted by molar-refractivity contribution is 0.300. The fourth-order valence-electron chi connectivity index (χ4n) is 2.39. The normalized spacial score (nSPS) is 21.8. The van der Waals surface area contributed by atoms with Crippen molar-refractivity contribution >= 4 is 0 Å². The van der Waals surface area contributed by atoms with Crippen LogP contribution in [0.4, 0.5) is 0 Å². The van der Waals surface area contributed by atoms with Gasteiger partial charge < -0.3 is 5.32 Å². The molecule has 0 aromatic carbocycles. The number of nitrogens with zero attached hydrogens (tertiary/aromatic N) is 4. The van der Waals surface area contributed by atoms with E-state index in [0.29, 0.717) is 0 Å². The lowest BCUT2D eigenvalue weighted by Gasteiger charge is -2.15. The highest BCUT2D eigenvalue weighted by atomic mass is 15.3. The lowest BCUT2D eigenvalue weighted by Crippen LogP contribution is -2.25. The van der Waals surface area contributed by atoms with Gasteiger partial charge in [-0.3, -0.25) is 4.90 Å². The Hall–Kier alpha value is -0.940. The Morgan fingerprint density at radius 3 is 3.19 bits per heavy atom. The van der Waals surface area contributed by atoms with E-state index in [1.165, 1.54) is 19.5 Å². The Kier molecular flexibility index (Phi) is 3.90. The van der Waals surface area contributed by atoms with Crippen LogP contribution in [0, 0.1) is 5.92 Å². The first-order chi connectivity index (χ1) is 7.83. The van der Waals surface area contributed by atoms with Crippen molar-refractivity contribution in [3.05, 3.63) is 12.2 Å². The molecule has 0 spiro atoms. The Morgan fingerprint density at radius 1 is 1.56 bits per heavy atom. The van der Waals surface area contributed by atoms with Gasteiger partial charge in [-0.2, -0.15) is 5.10 Å². The number of rotatable bonds is 5. The first-order valence-electron chi connectivity index (χ1n) is 6.07. The molecular weight excluding hydrogens is 202 g/mol. The maximum absolute atomic E-state index is 4.32. The third-order valence-electron chi connectivity index (χ3n) is 3.22. The zero-order valence-corrected chi connectivity index (χ0v) is 10.2. The Balaban J connectivity index is 1.87. The summed E-state index contributed by atoms with van der Waals surface area (Å²) in [6, 6.07) is 0. The van der Waals surface area contributed by atoms with Crippen molar-refractivity contribution in [2.45, 2.75) is 26.4 Å². The molecule has 5 heteroatoms. The molecule has 5 nitrogen and oxygen atoms in total. The second-order valence-corrected chi connectivity index (χ2v) is 4.44. The molecule has 2 rings (SSSR count). The van der Waals surface area contributed by atoms with Crippen LogP contribution < -0.4 is 5.32 Å². The van der Waals surface area contributed by atoms with Gasteiger partial charge in [-0.25, -0.2) is 9.67 Å². The molecule has 1 aliphatic heterocycles. The largest absolute Gasteiger partial charge is 0.319 e. The highest BCUT2D eigenvalue weighted by Gasteiger charge is 2.22. The van der Waals surface area contributed by atoms with E-state index < -0.39 is 0 Å². The van der Waals surface area contributed by atoms with Crippen molar-refractivity contribution in [2.24, 2.45) is 5.92 Å². The van der Waals surface area contributed by atoms with Gasteiger partial charge in [0.05, 0.1) is 6.54 Å². The first-order valence-corrected chi connectivity index (χ1v) is 6.07. The SMILES string of the molecule is CCn1ncnc1CN1CCC(CNC)C1. The molecule has 1 aliphatic rings. The molecule has 0 radical (unpaired) electrons. The van der Waals surface area contributed by atoms with Crippen LogP contribution in [-0.2, 0) is 13.1 Å². The van der Waals surface area contributed by atoms with Crippen molar-refractivity contribution in [3.63, 3.8) is 0 Å². The first kappa shape index (κ1) is 11.5. The molecule has 1 saturated heterocycles. The van der Waals surface area contributed by atoms with E-state index in [9.17, 15) is 0 Å². The smallest absolute Gasteiger partial charge is 0.140 e. The van der Waals surface area contributed by atoms with Gasteiger partial charge in [0.25, 0.3) is 0 Å². The molecule has 1 atom stereocenters. The number of aromatic nitrogens is 3. The third-order valence-corrected chi connectivity index (χ3v) is 3.22. The van der Waals surface area contributed by atoms with Crippen LogP contribution in [0.1, 0.15) is 19.2 Å². The molecule has 1 fully saturated rings. The van der Waals surface area contributed by atoms with Gasteiger partial charge in [0, 0.05) is 13.1 Å². The highest BCUT2D eigenvalue weighted by molar-refractivity contribution is 4.87. The minimum atomic E-state index is 0.794. The second-order valence-electron chi connectivity index (χ2n) is 4.44. The maximum Gasteiger partial charge on any atom is 0.140 e. The minimum Gasteiger partial charge on any atom is -0.319 e. The molecule has 1 unspecified atom stereocenters. The molecule has 0 aliphatic carbocycles. The van der Waals surface area contributed by atoms with Gasteiger partial charge in [0.15, 0.2) is 0 Å². The van der Waals surface area contributed by atoms with E-state index in [0.717, 1.165) is 31.4 Å². The van der Waals surface area contributed by atoms with Crippen molar-refractivity contribution in [1.82, 2.24) is 25.0 Å². The summed E-state index contributed by atoms with van der Waals surface area (Å²) in [5.74, 6) is 1.88. The number of aryl methyl sites for hydroxylation is 1. The predicted molar refractivity (Wildman–Crippen MR) is 63.0 cm³/mol. The van der Waals surface area contributed by atoms with Crippen LogP contribution >= 0.6 is 0 Å². The zero-order valence-electron chi connectivity index (χ0n) is 10.2. The number of likely N-dealkylation sites (tertiary alicyclic amines) is 1. The fourth-order valence-corrected chi connectivity index (χ4v) is 2.39. The van der Waals surface area contributed by atoms with Crippen molar-refractivity contribution in [3.8, 4) is 0 Å². The van der Waals surface area contributed by atoms with Crippen LogP contribution in [0.5, 0.6) is 0 Å². The minimum absolute atomic E-state index is 0.794. The molecule has 0 bridgehead atoms. The third kappa shape index (κ3) is 2.59. The number of hydrogen-bond acceptors (Lipinski definition) is 4. The molecule has 90 valence electrons. The number of hydrogen-bond donors (Lipinski definition) is 1. The summed E-state index contributed by atoms with van der Waals surface area (Å²) in [6.45, 7) is 7.43. The molecule has 1 aromatic rings. The summed E-state index contributed by atoms with van der Waals surface area (Å²) in [4.78, 5) is 6.79. The lowest BCUT2D eigenvalue weighted by atomic mass is 10.1. The van der Waals surface area contributed by atoms with Crippen LogP contribution in [0.3, 0.4) is 0 Å². The van der Waals surface area contributed by atoms with Gasteiger partial charge >= 0.3 is 0 Å². The summed E-state index contributed by atoms with van der Waals surface area (Å²) < 4.78 is 1.98. The summed E-state index contributed by atoms with van der Waals surface area (Å²) >= 11 is 0. The topological polar surface area (TPSA) is 46.0 Å². The van der Waals surface area contributed by atoms with E-state index >= 15 is 0 Å². The van der Waals surface area contributed by atoms with Crippen LogP contribution in [-0.4, -0.2) is 46.3 Å². The van der Waals surface area contributed by atoms with Gasteiger partial charge in [0.2, 0.25) is 0 Å². The standard InChI is InChI=1S/C11H21N5/c1-3-16-11(13-9-14-16)8-15-5-4-10(7-15)6-12-2/h9-10,12H,3-8H2,1-2H3. The number of nitrogens with one attached hydrogen (secondary N) is 1. The van der Waals surface area contributed by atoms with Crippen molar-refractivity contribution in [2.75, 3.05) is 26.7 Å². The monoisotopic (exact) mass is 223 g/mol. The van der Waals surface area contributed by atoms with Gasteiger partial charge in [-0.1, -0.05) is 0 Å². The van der Waals surface area contributed by atoms with E-state index in [-0.39, 0.29) is 0 Å². The average molecular weight is 223 g/mol. The quantitative estimate of drug-likeness (QED) is 0.782. The molecule has 2 heterocycles. The predicted octanol–water partition coefficient (Wildman–Crippen LogP) is 0.339. The van der Waals surface area contributed by atoms with E-state index in [4.69, 9.17) is 0 Å². The van der Waals surface area contributed by atoms with Crippen LogP contribution in [0.15, 0.2) is 6.33 Å². The van der Waals surface area contributed by atoms with Gasteiger partial charge in [-0.05, 0) is 39.4 Å². The molecule has 0 amide bonds. The molecule has 1 N–H and O–H groups in total. The highest BCUT2D eigenvalue weighted by Crippen LogP contribution is 2.17. The molecule has 1 aromatic heterocycles. The molecule has 0 saturated carbocycles. The van der Waals surface area contributed by atoms with E-state index in [2.05, 4.69) is 27.2 Å². The van der Waals surface area contributed by atoms with E-state index in [1.54, 1.807) is 6.33 Å². The Bertz CT molecular complexity index is 322. The summed E-state index contributed by atoms with van der Waals surface area (Å²) in [5, 5.41) is 7.45. The summed E-state index contributed by atoms with van der Waals surface area (Å²) in [7, 11) is 2.02. The van der Waals surface area contributed by atoms with Crippen molar-refractivity contribution < 1.29 is 0 Å². The van der Waals surface area contributed by atoms with E-state index in [1.807, 2.05) is 11.7 Å². The van der Waals surface area contributed by atoms with Gasteiger partial charge in [-0.15, -0.1) is 0 Å². The zero-order chi connectivity index (χ0) is 11.4. The van der Waals surface area contributed by atoms with Gasteiger partial charge in [0.1, 0.15) is 12.2 Å². The van der Waals surface area contributed by atoms with Crippen LogP contribution in [0.2, 0.25) is 0 Å². The summed E-state index contributed by atoms with van der Waals surface area (Å²) in [5.41, 5.74) is 0.